The minimum Gasteiger partial charge on any atom is -0.478 e. The van der Waals surface area contributed by atoms with Crippen LogP contribution < -0.4 is 5.32 Å². The first-order valence-corrected chi connectivity index (χ1v) is 6.48. The normalized spacial score (nSPS) is 10.4. The van der Waals surface area contributed by atoms with Crippen molar-refractivity contribution in [3.8, 4) is 0 Å². The number of hydrogen-bond acceptors (Lipinski definition) is 4. The molecule has 0 spiro atoms. The van der Waals surface area contributed by atoms with Crippen molar-refractivity contribution in [1.82, 2.24) is 10.5 Å². The number of benzene rings is 1. The molecular weight excluding hydrogens is 272 g/mol. The molecular formula is C15H16N2O4. The lowest BCUT2D eigenvalue weighted by Crippen LogP contribution is -2.25. The van der Waals surface area contributed by atoms with Crippen LogP contribution in [-0.4, -0.2) is 22.1 Å². The number of hydrogen-bond donors (Lipinski definition) is 2. The van der Waals surface area contributed by atoms with E-state index in [1.807, 2.05) is 0 Å². The van der Waals surface area contributed by atoms with Crippen molar-refractivity contribution in [1.29, 1.82) is 0 Å². The Hall–Kier alpha value is -2.63. The van der Waals surface area contributed by atoms with Crippen molar-refractivity contribution in [2.24, 2.45) is 0 Å². The summed E-state index contributed by atoms with van der Waals surface area (Å²) in [5, 5.41) is 15.5. The van der Waals surface area contributed by atoms with Crippen LogP contribution in [0.25, 0.3) is 0 Å². The highest BCUT2D eigenvalue weighted by atomic mass is 16.5. The van der Waals surface area contributed by atoms with Crippen LogP contribution in [-0.2, 0) is 17.8 Å². The zero-order valence-electron chi connectivity index (χ0n) is 11.8. The zero-order valence-corrected chi connectivity index (χ0v) is 11.8. The average molecular weight is 288 g/mol. The van der Waals surface area contributed by atoms with E-state index in [4.69, 9.17) is 9.63 Å². The van der Waals surface area contributed by atoms with Crippen molar-refractivity contribution < 1.29 is 19.2 Å². The van der Waals surface area contributed by atoms with Gasteiger partial charge in [0.15, 0.2) is 0 Å². The van der Waals surface area contributed by atoms with Gasteiger partial charge in [0.2, 0.25) is 5.91 Å². The summed E-state index contributed by atoms with van der Waals surface area (Å²) >= 11 is 0. The number of rotatable bonds is 5. The monoisotopic (exact) mass is 288 g/mol. The van der Waals surface area contributed by atoms with Crippen LogP contribution >= 0.6 is 0 Å². The van der Waals surface area contributed by atoms with Gasteiger partial charge in [-0.1, -0.05) is 17.3 Å². The van der Waals surface area contributed by atoms with Gasteiger partial charge in [0, 0.05) is 12.1 Å². The molecule has 0 fully saturated rings. The van der Waals surface area contributed by atoms with Crippen molar-refractivity contribution in [3.63, 3.8) is 0 Å². The number of carboxylic acid groups (broad SMARTS) is 1. The molecule has 0 saturated heterocycles. The molecule has 6 heteroatoms. The Bertz CT molecular complexity index is 657. The lowest BCUT2D eigenvalue weighted by molar-refractivity contribution is -0.120. The van der Waals surface area contributed by atoms with E-state index in [1.165, 1.54) is 6.07 Å². The lowest BCUT2D eigenvalue weighted by Gasteiger charge is -2.06. The number of aromatic carboxylic acids is 1. The standard InChI is InChI=1S/C15H16N2O4/c1-9-13(10(2)21-17-9)7-14(18)16-8-11-4-3-5-12(6-11)15(19)20/h3-6H,7-8H2,1-2H3,(H,16,18)(H,19,20). The molecule has 0 aliphatic rings. The summed E-state index contributed by atoms with van der Waals surface area (Å²) in [4.78, 5) is 22.8. The van der Waals surface area contributed by atoms with E-state index >= 15 is 0 Å². The van der Waals surface area contributed by atoms with E-state index in [1.54, 1.807) is 32.0 Å². The van der Waals surface area contributed by atoms with Crippen LogP contribution in [0.4, 0.5) is 0 Å². The van der Waals surface area contributed by atoms with Gasteiger partial charge >= 0.3 is 5.97 Å². The van der Waals surface area contributed by atoms with Crippen LogP contribution in [0.5, 0.6) is 0 Å². The van der Waals surface area contributed by atoms with Crippen LogP contribution in [0.3, 0.4) is 0 Å². The van der Waals surface area contributed by atoms with Crippen LogP contribution in [0.1, 0.15) is 32.9 Å². The molecule has 2 rings (SSSR count). The maximum Gasteiger partial charge on any atom is 0.335 e. The summed E-state index contributed by atoms with van der Waals surface area (Å²) < 4.78 is 5.01. The molecule has 0 saturated carbocycles. The van der Waals surface area contributed by atoms with Gasteiger partial charge in [0.1, 0.15) is 5.76 Å². The summed E-state index contributed by atoms with van der Waals surface area (Å²) in [6.07, 6.45) is 0.194. The predicted octanol–water partition coefficient (Wildman–Crippen LogP) is 1.85. The molecule has 0 bridgehead atoms. The molecule has 2 N–H and O–H groups in total. The van der Waals surface area contributed by atoms with Gasteiger partial charge in [-0.05, 0) is 31.5 Å². The largest absolute Gasteiger partial charge is 0.478 e. The molecule has 110 valence electrons. The van der Waals surface area contributed by atoms with E-state index in [0.29, 0.717) is 11.5 Å². The maximum absolute atomic E-state index is 11.9. The molecule has 0 aliphatic heterocycles. The third-order valence-corrected chi connectivity index (χ3v) is 3.18. The quantitative estimate of drug-likeness (QED) is 0.876. The lowest BCUT2D eigenvalue weighted by atomic mass is 10.1. The topological polar surface area (TPSA) is 92.4 Å². The smallest absolute Gasteiger partial charge is 0.335 e. The minimum atomic E-state index is -0.987. The molecule has 21 heavy (non-hydrogen) atoms. The van der Waals surface area contributed by atoms with Crippen LogP contribution in [0, 0.1) is 13.8 Å². The predicted molar refractivity (Wildman–Crippen MR) is 74.9 cm³/mol. The van der Waals surface area contributed by atoms with Gasteiger partial charge in [-0.15, -0.1) is 0 Å². The van der Waals surface area contributed by atoms with Gasteiger partial charge in [0.25, 0.3) is 0 Å². The Morgan fingerprint density at radius 1 is 1.33 bits per heavy atom. The summed E-state index contributed by atoms with van der Waals surface area (Å²) in [5.74, 6) is -0.514. The molecule has 6 nitrogen and oxygen atoms in total. The summed E-state index contributed by atoms with van der Waals surface area (Å²) in [6.45, 7) is 3.83. The second-order valence-electron chi connectivity index (χ2n) is 4.76. The highest BCUT2D eigenvalue weighted by molar-refractivity contribution is 5.87. The molecule has 1 heterocycles. The molecule has 0 aliphatic carbocycles. The number of carbonyl (C=O) groups excluding carboxylic acids is 1. The fourth-order valence-corrected chi connectivity index (χ4v) is 1.99. The third kappa shape index (κ3) is 3.68. The number of amides is 1. The van der Waals surface area contributed by atoms with Crippen molar-refractivity contribution in [3.05, 3.63) is 52.4 Å². The van der Waals surface area contributed by atoms with E-state index < -0.39 is 5.97 Å². The van der Waals surface area contributed by atoms with Crippen LogP contribution in [0.15, 0.2) is 28.8 Å². The highest BCUT2D eigenvalue weighted by Crippen LogP contribution is 2.12. The number of nitrogens with one attached hydrogen (secondary N) is 1. The fourth-order valence-electron chi connectivity index (χ4n) is 1.99. The zero-order chi connectivity index (χ0) is 15.4. The van der Waals surface area contributed by atoms with Crippen molar-refractivity contribution in [2.45, 2.75) is 26.8 Å². The summed E-state index contributed by atoms with van der Waals surface area (Å²) in [7, 11) is 0. The molecule has 1 aromatic heterocycles. The van der Waals surface area contributed by atoms with Crippen molar-refractivity contribution >= 4 is 11.9 Å². The van der Waals surface area contributed by atoms with E-state index in [0.717, 1.165) is 11.1 Å². The molecule has 1 aromatic carbocycles. The summed E-state index contributed by atoms with van der Waals surface area (Å²) in [5.41, 5.74) is 2.43. The van der Waals surface area contributed by atoms with E-state index in [2.05, 4.69) is 10.5 Å². The molecule has 0 radical (unpaired) electrons. The number of carbonyl (C=O) groups is 2. The first-order chi connectivity index (χ1) is 9.97. The Morgan fingerprint density at radius 2 is 2.10 bits per heavy atom. The number of aryl methyl sites for hydroxylation is 2. The van der Waals surface area contributed by atoms with Gasteiger partial charge in [-0.25, -0.2) is 4.79 Å². The van der Waals surface area contributed by atoms with E-state index in [9.17, 15) is 9.59 Å². The molecule has 0 atom stereocenters. The van der Waals surface area contributed by atoms with E-state index in [-0.39, 0.29) is 24.4 Å². The van der Waals surface area contributed by atoms with Gasteiger partial charge in [-0.2, -0.15) is 0 Å². The van der Waals surface area contributed by atoms with Gasteiger partial charge in [0.05, 0.1) is 17.7 Å². The minimum absolute atomic E-state index is 0.162. The molecule has 1 amide bonds. The third-order valence-electron chi connectivity index (χ3n) is 3.18. The Kier molecular flexibility index (Phi) is 4.37. The maximum atomic E-state index is 11.9. The number of aromatic nitrogens is 1. The number of nitrogens with zero attached hydrogens (tertiary/aromatic N) is 1. The van der Waals surface area contributed by atoms with Gasteiger partial charge in [-0.3, -0.25) is 4.79 Å². The highest BCUT2D eigenvalue weighted by Gasteiger charge is 2.13. The number of carboxylic acids is 1. The molecule has 0 unspecified atom stereocenters. The van der Waals surface area contributed by atoms with Crippen molar-refractivity contribution in [2.75, 3.05) is 0 Å². The Balaban J connectivity index is 1.95. The Morgan fingerprint density at radius 3 is 2.71 bits per heavy atom. The first kappa shape index (κ1) is 14.8. The Labute approximate surface area is 121 Å². The molecule has 2 aromatic rings. The summed E-state index contributed by atoms with van der Waals surface area (Å²) in [6, 6.07) is 6.47. The average Bonchev–Trinajstić information content (AvgIpc) is 2.77. The van der Waals surface area contributed by atoms with Gasteiger partial charge < -0.3 is 14.9 Å². The second kappa shape index (κ2) is 6.21. The van der Waals surface area contributed by atoms with Crippen LogP contribution in [0.2, 0.25) is 0 Å². The SMILES string of the molecule is Cc1noc(C)c1CC(=O)NCc1cccc(C(=O)O)c1. The second-order valence-corrected chi connectivity index (χ2v) is 4.76. The fraction of sp³-hybridized carbons (Fsp3) is 0.267. The first-order valence-electron chi connectivity index (χ1n) is 6.48.